The predicted molar refractivity (Wildman–Crippen MR) is 58.2 cm³/mol. The third-order valence-corrected chi connectivity index (χ3v) is 3.88. The number of hydrogen-bond donors (Lipinski definition) is 2. The van der Waals surface area contributed by atoms with Gasteiger partial charge in [0.15, 0.2) is 0 Å². The molecule has 0 aromatic carbocycles. The van der Waals surface area contributed by atoms with Crippen LogP contribution in [0.3, 0.4) is 0 Å². The van der Waals surface area contributed by atoms with Crippen LogP contribution in [-0.4, -0.2) is 22.8 Å². The van der Waals surface area contributed by atoms with Crippen molar-refractivity contribution in [3.05, 3.63) is 0 Å². The van der Waals surface area contributed by atoms with Gasteiger partial charge in [-0.15, -0.1) is 0 Å². The van der Waals surface area contributed by atoms with E-state index < -0.39 is 0 Å². The topological polar surface area (TPSA) is 32.3 Å². The Bertz CT molecular complexity index is 198. The summed E-state index contributed by atoms with van der Waals surface area (Å²) in [5.41, 5.74) is 0.239. The fourth-order valence-electron chi connectivity index (χ4n) is 2.68. The van der Waals surface area contributed by atoms with E-state index in [2.05, 4.69) is 19.2 Å². The van der Waals surface area contributed by atoms with E-state index >= 15 is 0 Å². The minimum absolute atomic E-state index is 0.109. The molecule has 2 rings (SSSR count). The van der Waals surface area contributed by atoms with Gasteiger partial charge in [-0.25, -0.2) is 0 Å². The molecule has 0 amide bonds. The number of rotatable bonds is 3. The minimum atomic E-state index is -0.109. The molecule has 0 aromatic heterocycles. The Balaban J connectivity index is 1.88. The van der Waals surface area contributed by atoms with Crippen molar-refractivity contribution in [3.8, 4) is 0 Å². The molecule has 2 fully saturated rings. The average Bonchev–Trinajstić information content (AvgIpc) is 2.91. The summed E-state index contributed by atoms with van der Waals surface area (Å²) in [5.74, 6) is 0.844. The van der Waals surface area contributed by atoms with Crippen molar-refractivity contribution >= 4 is 0 Å². The molecule has 2 saturated carbocycles. The average molecular weight is 197 g/mol. The summed E-state index contributed by atoms with van der Waals surface area (Å²) in [7, 11) is 0. The fraction of sp³-hybridized carbons (Fsp3) is 1.00. The van der Waals surface area contributed by atoms with Crippen LogP contribution in [0, 0.1) is 5.92 Å². The van der Waals surface area contributed by atoms with Crippen LogP contribution in [0.1, 0.15) is 52.4 Å². The van der Waals surface area contributed by atoms with Crippen LogP contribution in [0.5, 0.6) is 0 Å². The predicted octanol–water partition coefficient (Wildman–Crippen LogP) is 2.07. The monoisotopic (exact) mass is 197 g/mol. The summed E-state index contributed by atoms with van der Waals surface area (Å²) in [5, 5.41) is 13.5. The first-order chi connectivity index (χ1) is 6.59. The van der Waals surface area contributed by atoms with E-state index in [1.165, 1.54) is 25.7 Å². The maximum absolute atomic E-state index is 9.87. The van der Waals surface area contributed by atoms with Crippen molar-refractivity contribution in [1.29, 1.82) is 0 Å². The van der Waals surface area contributed by atoms with Crippen molar-refractivity contribution in [2.24, 2.45) is 5.92 Å². The van der Waals surface area contributed by atoms with Gasteiger partial charge in [-0.2, -0.15) is 0 Å². The van der Waals surface area contributed by atoms with Crippen LogP contribution >= 0.6 is 0 Å². The summed E-state index contributed by atoms with van der Waals surface area (Å²) in [6.45, 7) is 4.57. The largest absolute Gasteiger partial charge is 0.392 e. The number of aliphatic hydroxyl groups excluding tert-OH is 1. The van der Waals surface area contributed by atoms with E-state index in [1.807, 2.05) is 0 Å². The Labute approximate surface area is 87.1 Å². The van der Waals surface area contributed by atoms with E-state index in [4.69, 9.17) is 0 Å². The van der Waals surface area contributed by atoms with Crippen LogP contribution in [0.4, 0.5) is 0 Å². The Morgan fingerprint density at radius 3 is 2.29 bits per heavy atom. The van der Waals surface area contributed by atoms with Crippen LogP contribution in [0.25, 0.3) is 0 Å². The summed E-state index contributed by atoms with van der Waals surface area (Å²) in [6.07, 6.45) is 7.22. The van der Waals surface area contributed by atoms with Crippen LogP contribution in [0.2, 0.25) is 0 Å². The maximum atomic E-state index is 9.87. The summed E-state index contributed by atoms with van der Waals surface area (Å²) >= 11 is 0. The van der Waals surface area contributed by atoms with E-state index in [0.29, 0.717) is 6.04 Å². The van der Waals surface area contributed by atoms with Gasteiger partial charge >= 0.3 is 0 Å². The first kappa shape index (κ1) is 10.4. The highest BCUT2D eigenvalue weighted by atomic mass is 16.3. The molecule has 0 bridgehead atoms. The van der Waals surface area contributed by atoms with Crippen LogP contribution < -0.4 is 5.32 Å². The van der Waals surface area contributed by atoms with Gasteiger partial charge in [0.05, 0.1) is 6.10 Å². The second kappa shape index (κ2) is 3.82. The summed E-state index contributed by atoms with van der Waals surface area (Å²) in [6, 6.07) is 0.347. The lowest BCUT2D eigenvalue weighted by molar-refractivity contribution is 0.0726. The molecule has 2 aliphatic carbocycles. The van der Waals surface area contributed by atoms with Gasteiger partial charge in [0.25, 0.3) is 0 Å². The van der Waals surface area contributed by atoms with Gasteiger partial charge in [-0.05, 0) is 45.4 Å². The van der Waals surface area contributed by atoms with Crippen molar-refractivity contribution in [3.63, 3.8) is 0 Å². The van der Waals surface area contributed by atoms with Gasteiger partial charge in [0, 0.05) is 11.6 Å². The van der Waals surface area contributed by atoms with Gasteiger partial charge < -0.3 is 10.4 Å². The highest BCUT2D eigenvalue weighted by molar-refractivity contribution is 4.97. The number of nitrogens with one attached hydrogen (secondary N) is 1. The lowest BCUT2D eigenvalue weighted by atomic mass is 9.89. The Kier molecular flexibility index (Phi) is 2.85. The lowest BCUT2D eigenvalue weighted by Gasteiger charge is -2.37. The lowest BCUT2D eigenvalue weighted by Crippen LogP contribution is -2.53. The molecule has 2 nitrogen and oxygen atoms in total. The second-order valence-corrected chi connectivity index (χ2v) is 5.60. The molecule has 82 valence electrons. The SMILES string of the molecule is CC(C)(NC1CCCCC1O)C1CC1. The summed E-state index contributed by atoms with van der Waals surface area (Å²) in [4.78, 5) is 0. The Morgan fingerprint density at radius 2 is 1.71 bits per heavy atom. The highest BCUT2D eigenvalue weighted by Gasteiger charge is 2.40. The van der Waals surface area contributed by atoms with Crippen LogP contribution in [0.15, 0.2) is 0 Å². The molecule has 2 heteroatoms. The molecule has 2 atom stereocenters. The normalized spacial score (nSPS) is 34.5. The van der Waals surface area contributed by atoms with Crippen molar-refractivity contribution in [1.82, 2.24) is 5.32 Å². The first-order valence-electron chi connectivity index (χ1n) is 6.05. The minimum Gasteiger partial charge on any atom is -0.392 e. The molecule has 0 heterocycles. The van der Waals surface area contributed by atoms with Gasteiger partial charge in [-0.1, -0.05) is 12.8 Å². The Hall–Kier alpha value is -0.0800. The molecule has 2 unspecified atom stereocenters. The van der Waals surface area contributed by atoms with Gasteiger partial charge in [0.2, 0.25) is 0 Å². The molecule has 0 saturated heterocycles. The third-order valence-electron chi connectivity index (χ3n) is 3.88. The van der Waals surface area contributed by atoms with E-state index in [0.717, 1.165) is 18.8 Å². The molecular weight excluding hydrogens is 174 g/mol. The highest BCUT2D eigenvalue weighted by Crippen LogP contribution is 2.40. The fourth-order valence-corrected chi connectivity index (χ4v) is 2.68. The van der Waals surface area contributed by atoms with Crippen molar-refractivity contribution in [2.75, 3.05) is 0 Å². The standard InChI is InChI=1S/C12H23NO/c1-12(2,9-7-8-9)13-10-5-3-4-6-11(10)14/h9-11,13-14H,3-8H2,1-2H3. The molecular formula is C12H23NO. The van der Waals surface area contributed by atoms with Crippen molar-refractivity contribution < 1.29 is 5.11 Å². The Morgan fingerprint density at radius 1 is 1.07 bits per heavy atom. The van der Waals surface area contributed by atoms with Gasteiger partial charge in [-0.3, -0.25) is 0 Å². The van der Waals surface area contributed by atoms with Gasteiger partial charge in [0.1, 0.15) is 0 Å². The molecule has 0 spiro atoms. The molecule has 0 aliphatic heterocycles. The third kappa shape index (κ3) is 2.29. The van der Waals surface area contributed by atoms with Crippen molar-refractivity contribution in [2.45, 2.75) is 70.1 Å². The quantitative estimate of drug-likeness (QED) is 0.726. The zero-order valence-corrected chi connectivity index (χ0v) is 9.42. The molecule has 0 radical (unpaired) electrons. The van der Waals surface area contributed by atoms with E-state index in [-0.39, 0.29) is 11.6 Å². The molecule has 0 aromatic rings. The summed E-state index contributed by atoms with van der Waals surface area (Å²) < 4.78 is 0. The number of hydrogen-bond acceptors (Lipinski definition) is 2. The maximum Gasteiger partial charge on any atom is 0.0693 e. The van der Waals surface area contributed by atoms with Crippen LogP contribution in [-0.2, 0) is 0 Å². The second-order valence-electron chi connectivity index (χ2n) is 5.60. The number of aliphatic hydroxyl groups is 1. The zero-order valence-electron chi connectivity index (χ0n) is 9.42. The molecule has 14 heavy (non-hydrogen) atoms. The smallest absolute Gasteiger partial charge is 0.0693 e. The zero-order chi connectivity index (χ0) is 10.2. The first-order valence-corrected chi connectivity index (χ1v) is 6.05. The molecule has 2 aliphatic rings. The van der Waals surface area contributed by atoms with E-state index in [9.17, 15) is 5.11 Å². The molecule has 2 N–H and O–H groups in total. The van der Waals surface area contributed by atoms with E-state index in [1.54, 1.807) is 0 Å².